The predicted octanol–water partition coefficient (Wildman–Crippen LogP) is 4.40. The Morgan fingerprint density at radius 3 is 2.67 bits per heavy atom. The van der Waals surface area contributed by atoms with Crippen LogP contribution in [-0.2, 0) is 33.9 Å². The summed E-state index contributed by atoms with van der Waals surface area (Å²) in [5, 5.41) is 5.77. The van der Waals surface area contributed by atoms with Crippen LogP contribution in [0.1, 0.15) is 76.0 Å². The molecule has 14 nitrogen and oxygen atoms in total. The van der Waals surface area contributed by atoms with Crippen LogP contribution in [0.5, 0.6) is 11.5 Å². The van der Waals surface area contributed by atoms with Crippen LogP contribution in [0.2, 0.25) is 0 Å². The Labute approximate surface area is 325 Å². The molecule has 2 saturated carbocycles. The molecule has 5 atom stereocenters. The van der Waals surface area contributed by atoms with Crippen molar-refractivity contribution < 1.29 is 41.7 Å². The highest BCUT2D eigenvalue weighted by molar-refractivity contribution is 7.91. The molecule has 5 unspecified atom stereocenters. The van der Waals surface area contributed by atoms with Crippen molar-refractivity contribution in [2.75, 3.05) is 34.0 Å². The lowest BCUT2D eigenvalue weighted by Gasteiger charge is -2.29. The summed E-state index contributed by atoms with van der Waals surface area (Å²) in [5.74, 6) is -0.782. The third kappa shape index (κ3) is 8.09. The summed E-state index contributed by atoms with van der Waals surface area (Å²) >= 11 is 1.49. The van der Waals surface area contributed by atoms with E-state index in [1.807, 2.05) is 42.7 Å². The smallest absolute Gasteiger partial charge is 0.259 e. The lowest BCUT2D eigenvalue weighted by Crippen LogP contribution is -2.57. The van der Waals surface area contributed by atoms with Gasteiger partial charge in [-0.1, -0.05) is 26.0 Å². The van der Waals surface area contributed by atoms with Gasteiger partial charge < -0.3 is 29.2 Å². The van der Waals surface area contributed by atoms with Crippen LogP contribution in [0.15, 0.2) is 35.7 Å². The zero-order valence-corrected chi connectivity index (χ0v) is 33.5. The highest BCUT2D eigenvalue weighted by Crippen LogP contribution is 2.46. The quantitative estimate of drug-likeness (QED) is 0.279. The molecule has 4 heterocycles. The van der Waals surface area contributed by atoms with Gasteiger partial charge in [0, 0.05) is 48.5 Å². The number of thiazole rings is 1. The number of carbonyl (C=O) groups is 3. The topological polar surface area (TPSA) is 175 Å². The van der Waals surface area contributed by atoms with Gasteiger partial charge >= 0.3 is 0 Å². The van der Waals surface area contributed by atoms with Gasteiger partial charge in [-0.3, -0.25) is 19.1 Å². The van der Waals surface area contributed by atoms with Gasteiger partial charge in [0.1, 0.15) is 39.9 Å². The van der Waals surface area contributed by atoms with E-state index in [1.54, 1.807) is 7.11 Å². The molecule has 3 fully saturated rings. The van der Waals surface area contributed by atoms with Gasteiger partial charge in [-0.25, -0.2) is 18.4 Å². The Hall–Kier alpha value is -4.12. The molecule has 2 aliphatic heterocycles. The minimum absolute atomic E-state index is 0.0197. The minimum atomic E-state index is -3.87. The third-order valence-electron chi connectivity index (χ3n) is 10.9. The van der Waals surface area contributed by atoms with E-state index in [0.717, 1.165) is 28.1 Å². The number of fused-ring (bicyclic) bond motifs is 3. The summed E-state index contributed by atoms with van der Waals surface area (Å²) in [4.78, 5) is 53.7. The largest absolute Gasteiger partial charge is 0.496 e. The number of allylic oxidation sites excluding steroid dienone is 1. The number of methoxy groups -OCH3 is 2. The minimum Gasteiger partial charge on any atom is -0.496 e. The fraction of sp³-hybridized carbons (Fsp3) is 0.564. The van der Waals surface area contributed by atoms with E-state index in [9.17, 15) is 22.8 Å². The third-order valence-corrected chi connectivity index (χ3v) is 13.6. The predicted molar refractivity (Wildman–Crippen MR) is 206 cm³/mol. The molecule has 16 heteroatoms. The van der Waals surface area contributed by atoms with E-state index in [0.29, 0.717) is 55.0 Å². The monoisotopic (exact) mass is 795 g/mol. The van der Waals surface area contributed by atoms with Crippen LogP contribution in [0.3, 0.4) is 0 Å². The molecular formula is C39H49N5O9S2. The van der Waals surface area contributed by atoms with Gasteiger partial charge in [0.25, 0.3) is 11.8 Å². The fourth-order valence-corrected chi connectivity index (χ4v) is 9.68. The Bertz CT molecular complexity index is 2100. The van der Waals surface area contributed by atoms with Crippen LogP contribution >= 0.6 is 11.3 Å². The second-order valence-electron chi connectivity index (χ2n) is 15.2. The number of hydrogen-bond donors (Lipinski definition) is 2. The molecule has 1 aromatic carbocycles. The maximum Gasteiger partial charge on any atom is 0.259 e. The van der Waals surface area contributed by atoms with Crippen molar-refractivity contribution in [3.05, 3.63) is 47.0 Å². The molecular weight excluding hydrogens is 747 g/mol. The summed E-state index contributed by atoms with van der Waals surface area (Å²) < 4.78 is 51.8. The lowest BCUT2D eigenvalue weighted by molar-refractivity contribution is -0.151. The fourth-order valence-electron chi connectivity index (χ4n) is 7.38. The number of nitrogens with one attached hydrogen (secondary N) is 2. The molecule has 2 N–H and O–H groups in total. The first-order valence-corrected chi connectivity index (χ1v) is 21.3. The zero-order valence-electron chi connectivity index (χ0n) is 31.8. The van der Waals surface area contributed by atoms with Gasteiger partial charge in [0.05, 0.1) is 36.7 Å². The van der Waals surface area contributed by atoms with Crippen LogP contribution in [0, 0.1) is 12.8 Å². The summed E-state index contributed by atoms with van der Waals surface area (Å²) in [7, 11) is -0.784. The number of rotatable bonds is 10. The Balaban J connectivity index is 1.23. The molecule has 3 amide bonds. The van der Waals surface area contributed by atoms with E-state index in [1.165, 1.54) is 23.3 Å². The number of pyridine rings is 1. The zero-order chi connectivity index (χ0) is 39.1. The van der Waals surface area contributed by atoms with E-state index in [2.05, 4.69) is 23.9 Å². The van der Waals surface area contributed by atoms with Gasteiger partial charge in [-0.05, 0) is 63.5 Å². The first-order valence-electron chi connectivity index (χ1n) is 18.9. The number of hydrogen-bond acceptors (Lipinski definition) is 12. The summed E-state index contributed by atoms with van der Waals surface area (Å²) in [6.45, 7) is 6.43. The van der Waals surface area contributed by atoms with E-state index >= 15 is 0 Å². The average molecular weight is 796 g/mol. The lowest BCUT2D eigenvalue weighted by atomic mass is 10.1. The molecule has 2 aromatic heterocycles. The van der Waals surface area contributed by atoms with Crippen LogP contribution in [-0.4, -0.2) is 104 Å². The molecule has 7 rings (SSSR count). The summed E-state index contributed by atoms with van der Waals surface area (Å²) in [6.07, 6.45) is 5.65. The van der Waals surface area contributed by atoms with Gasteiger partial charge in [-0.2, -0.15) is 0 Å². The Morgan fingerprint density at radius 1 is 1.16 bits per heavy atom. The second kappa shape index (κ2) is 15.8. The molecule has 1 saturated heterocycles. The van der Waals surface area contributed by atoms with Crippen LogP contribution < -0.4 is 19.5 Å². The number of aryl methyl sites for hydroxylation is 1. The van der Waals surface area contributed by atoms with Crippen molar-refractivity contribution in [3.63, 3.8) is 0 Å². The number of aromatic nitrogens is 2. The Kier molecular flexibility index (Phi) is 11.2. The highest BCUT2D eigenvalue weighted by atomic mass is 32.2. The first-order chi connectivity index (χ1) is 26.3. The van der Waals surface area contributed by atoms with Crippen molar-refractivity contribution in [2.24, 2.45) is 5.92 Å². The van der Waals surface area contributed by atoms with E-state index in [4.69, 9.17) is 28.9 Å². The van der Waals surface area contributed by atoms with Gasteiger partial charge in [-0.15, -0.1) is 11.3 Å². The average Bonchev–Trinajstić information content (AvgIpc) is 4.03. The normalized spacial score (nSPS) is 26.2. The molecule has 0 spiro atoms. The molecule has 55 heavy (non-hydrogen) atoms. The summed E-state index contributed by atoms with van der Waals surface area (Å²) in [6, 6.07) is 4.51. The van der Waals surface area contributed by atoms with Crippen molar-refractivity contribution in [1.82, 2.24) is 24.9 Å². The number of nitrogens with zero attached hydrogens (tertiary/aromatic N) is 3. The van der Waals surface area contributed by atoms with E-state index in [-0.39, 0.29) is 31.9 Å². The number of ether oxygens (including phenoxy) is 4. The van der Waals surface area contributed by atoms with Crippen molar-refractivity contribution in [2.45, 2.75) is 101 Å². The molecule has 4 aliphatic rings. The maximum absolute atomic E-state index is 14.4. The van der Waals surface area contributed by atoms with Crippen LogP contribution in [0.4, 0.5) is 0 Å². The van der Waals surface area contributed by atoms with Gasteiger partial charge in [0.15, 0.2) is 6.10 Å². The molecule has 0 bridgehead atoms. The first kappa shape index (κ1) is 39.1. The molecule has 2 aliphatic carbocycles. The Morgan fingerprint density at radius 2 is 1.96 bits per heavy atom. The van der Waals surface area contributed by atoms with Gasteiger partial charge in [0.2, 0.25) is 15.9 Å². The van der Waals surface area contributed by atoms with Crippen molar-refractivity contribution in [3.8, 4) is 22.2 Å². The van der Waals surface area contributed by atoms with E-state index < -0.39 is 62.7 Å². The maximum atomic E-state index is 14.4. The second-order valence-corrected chi connectivity index (χ2v) is 18.0. The SMILES string of the molecule is COCC1OCCCCC=CC2CC2(C(=O)NS(=O)(=O)C2CC2)NC(=O)C2CC(Oc3cc(-c4nc(C(C)C)cs4)nc4c(C)c(OC)ccc34)CN2C1=O. The standard InChI is InChI=1S/C39H49N5O9S2/c1-22(2)29-21-54-36(41-29)28-17-32(27-13-14-31(51-5)23(3)34(27)40-28)53-25-16-30-35(45)42-39(38(47)43-55(48,49)26-11-12-26)18-24(39)10-8-6-7-9-15-52-33(20-50-4)37(46)44(30)19-25/h8,10,13-14,17,21-22,24-26,30,33H,6-7,9,11-12,15-16,18-20H2,1-5H3,(H,42,45)(H,43,47). The number of amides is 3. The highest BCUT2D eigenvalue weighted by Gasteiger charge is 2.62. The summed E-state index contributed by atoms with van der Waals surface area (Å²) in [5.41, 5.74) is 1.59. The number of carbonyl (C=O) groups excluding carboxylic acids is 3. The van der Waals surface area contributed by atoms with Crippen molar-refractivity contribution >= 4 is 50.0 Å². The molecule has 0 radical (unpaired) electrons. The molecule has 296 valence electrons. The van der Waals surface area contributed by atoms with Crippen molar-refractivity contribution in [1.29, 1.82) is 0 Å². The van der Waals surface area contributed by atoms with Crippen LogP contribution in [0.25, 0.3) is 21.6 Å². The number of sulfonamides is 1. The number of benzene rings is 1. The molecule has 3 aromatic rings.